The number of rotatable bonds is 33. The molecule has 5 aromatic heterocycles. The van der Waals surface area contributed by atoms with Crippen LogP contribution in [0, 0.1) is 0 Å². The minimum absolute atomic E-state index is 0.0419. The lowest BCUT2D eigenvalue weighted by atomic mass is 10.1. The molecule has 44 heteroatoms. The van der Waals surface area contributed by atoms with Gasteiger partial charge in [0.15, 0.2) is 63.3 Å². The number of nitrogen functional groups attached to an aromatic ring is 4. The Morgan fingerprint density at radius 3 is 1.40 bits per heavy atom. The zero-order chi connectivity index (χ0) is 102. The third kappa shape index (κ3) is 26.5. The van der Waals surface area contributed by atoms with Gasteiger partial charge in [-0.2, -0.15) is 25.8 Å². The number of nitrogens with one attached hydrogen (secondary N) is 3. The van der Waals surface area contributed by atoms with Crippen LogP contribution in [0.4, 0.5) is 47.1 Å². The number of para-hydroxylation sites is 3. The molecule has 0 radical (unpaired) electrons. The molecule has 5 fully saturated rings. The molecule has 18 rings (SSSR count). The first kappa shape index (κ1) is 105. The van der Waals surface area contributed by atoms with Crippen LogP contribution < -0.4 is 116 Å². The van der Waals surface area contributed by atoms with Crippen LogP contribution in [-0.2, 0) is 46.0 Å². The van der Waals surface area contributed by atoms with Crippen molar-refractivity contribution < 1.29 is 99.2 Å². The Labute approximate surface area is 837 Å². The maximum absolute atomic E-state index is 13.0. The molecule has 0 bridgehead atoms. The van der Waals surface area contributed by atoms with Crippen LogP contribution in [0.5, 0.6) is 69.0 Å². The van der Waals surface area contributed by atoms with Crippen LogP contribution in [0.2, 0.25) is 0 Å². The average Bonchev–Trinajstić information content (AvgIpc) is 0.890. The Balaban J connectivity index is 0.000000143. The number of benzene rings is 7. The monoisotopic (exact) mass is 2000 g/mol. The number of fused-ring (bicyclic) bond motifs is 5. The first-order valence-corrected chi connectivity index (χ1v) is 48.2. The molecule has 5 saturated heterocycles. The largest absolute Gasteiger partial charge is 0.495 e. The summed E-state index contributed by atoms with van der Waals surface area (Å²) < 4.78 is 86.1. The van der Waals surface area contributed by atoms with E-state index in [1.165, 1.54) is 17.4 Å². The van der Waals surface area contributed by atoms with Crippen LogP contribution in [0.15, 0.2) is 143 Å². The van der Waals surface area contributed by atoms with E-state index in [-0.39, 0.29) is 42.4 Å². The van der Waals surface area contributed by atoms with Crippen molar-refractivity contribution in [1.82, 2.24) is 65.2 Å². The number of nitrogens with zero attached hydrogens (tertiary/aromatic N) is 14. The smallest absolute Gasteiger partial charge is 0.289 e. The lowest BCUT2D eigenvalue weighted by Gasteiger charge is -2.37. The Bertz CT molecular complexity index is 6330. The van der Waals surface area contributed by atoms with E-state index in [2.05, 4.69) is 85.9 Å². The Morgan fingerprint density at radius 2 is 0.924 bits per heavy atom. The molecule has 7 aromatic carbocycles. The zero-order valence-electron chi connectivity index (χ0n) is 82.7. The van der Waals surface area contributed by atoms with Crippen LogP contribution in [0.1, 0.15) is 74.1 Å². The van der Waals surface area contributed by atoms with E-state index in [4.69, 9.17) is 104 Å². The minimum atomic E-state index is -0.651. The maximum Gasteiger partial charge on any atom is 0.289 e. The van der Waals surface area contributed by atoms with Gasteiger partial charge < -0.3 is 139 Å². The van der Waals surface area contributed by atoms with Gasteiger partial charge in [-0.3, -0.25) is 19.2 Å². The number of ether oxygens (including phenoxy) is 14. The fourth-order valence-corrected chi connectivity index (χ4v) is 17.6. The van der Waals surface area contributed by atoms with E-state index in [1.54, 1.807) is 141 Å². The molecule has 6 aliphatic rings. The number of aromatic nitrogens is 8. The van der Waals surface area contributed by atoms with Crippen molar-refractivity contribution in [1.29, 1.82) is 0 Å². The highest BCUT2D eigenvalue weighted by Crippen LogP contribution is 2.41. The average molecular weight is 2000 g/mol. The second-order valence-corrected chi connectivity index (χ2v) is 34.6. The fourth-order valence-electron chi connectivity index (χ4n) is 17.1. The van der Waals surface area contributed by atoms with Crippen LogP contribution in [-0.4, -0.2) is 291 Å². The topological polar surface area (TPSA) is 518 Å². The van der Waals surface area contributed by atoms with E-state index in [0.29, 0.717) is 271 Å². The van der Waals surface area contributed by atoms with Crippen molar-refractivity contribution in [2.24, 2.45) is 5.90 Å². The van der Waals surface area contributed by atoms with Gasteiger partial charge in [0, 0.05) is 157 Å². The van der Waals surface area contributed by atoms with Gasteiger partial charge in [-0.25, -0.2) is 19.9 Å². The summed E-state index contributed by atoms with van der Waals surface area (Å²) in [5.41, 5.74) is 29.8. The van der Waals surface area contributed by atoms with E-state index < -0.39 is 6.10 Å². The summed E-state index contributed by atoms with van der Waals surface area (Å²) in [4.78, 5) is 102. The van der Waals surface area contributed by atoms with Crippen molar-refractivity contribution in [2.75, 3.05) is 232 Å². The lowest BCUT2D eigenvalue weighted by molar-refractivity contribution is -0.195. The van der Waals surface area contributed by atoms with Gasteiger partial charge in [-0.1, -0.05) is 36.4 Å². The van der Waals surface area contributed by atoms with Crippen molar-refractivity contribution in [2.45, 2.75) is 94.5 Å². The predicted molar refractivity (Wildman–Crippen MR) is 545 cm³/mol. The number of methoxy groups -OCH3 is 9. The molecule has 0 spiro atoms. The minimum Gasteiger partial charge on any atom is -0.495 e. The molecule has 4 atom stereocenters. The molecule has 12 aromatic rings. The predicted octanol–water partition coefficient (Wildman–Crippen LogP) is 9.96. The molecule has 4 amide bonds. The number of hydrogen-bond donors (Lipinski definition) is 8. The summed E-state index contributed by atoms with van der Waals surface area (Å²) in [6.07, 6.45) is 7.45. The summed E-state index contributed by atoms with van der Waals surface area (Å²) >= 11 is 1.03. The molecule has 768 valence electrons. The van der Waals surface area contributed by atoms with E-state index in [0.717, 1.165) is 86.3 Å². The third-order valence-corrected chi connectivity index (χ3v) is 25.3. The van der Waals surface area contributed by atoms with Crippen LogP contribution in [0.3, 0.4) is 0 Å². The van der Waals surface area contributed by atoms with Gasteiger partial charge in [0.25, 0.3) is 17.7 Å². The molecule has 0 aliphatic carbocycles. The van der Waals surface area contributed by atoms with Crippen molar-refractivity contribution in [3.05, 3.63) is 151 Å². The van der Waals surface area contributed by atoms with Gasteiger partial charge in [0.2, 0.25) is 35.8 Å². The van der Waals surface area contributed by atoms with Gasteiger partial charge in [0.05, 0.1) is 116 Å². The summed E-state index contributed by atoms with van der Waals surface area (Å²) in [5, 5.41) is 12.4. The van der Waals surface area contributed by atoms with E-state index in [1.807, 2.05) is 69.0 Å². The van der Waals surface area contributed by atoms with Gasteiger partial charge in [0.1, 0.15) is 53.6 Å². The number of carbonyl (C=O) groups excluding carboxylic acids is 4. The summed E-state index contributed by atoms with van der Waals surface area (Å²) in [6.45, 7) is 15.6. The quantitative estimate of drug-likeness (QED) is 0.00820. The number of piperazine rings is 3. The van der Waals surface area contributed by atoms with Gasteiger partial charge in [-0.15, -0.1) is 9.32 Å². The maximum atomic E-state index is 13.0. The second kappa shape index (κ2) is 51.2. The Morgan fingerprint density at radius 1 is 0.465 bits per heavy atom. The number of aryl methyl sites for hydroxylation is 1. The zero-order valence-corrected chi connectivity index (χ0v) is 83.5. The van der Waals surface area contributed by atoms with Crippen molar-refractivity contribution in [3.63, 3.8) is 0 Å². The number of furan rings is 1. The number of amides is 4. The highest BCUT2D eigenvalue weighted by Gasteiger charge is 2.36. The number of carbonyl (C=O) groups is 4. The standard InChI is InChI=1S/C23H25N5O5.C21H30N2O4S.C19H25N5O4.C19H21N5O4.C18H25N5O4/c1-30-18-11-14-15(12-19(18)31-2)25-23(26-21(14)24)28-9-7-27(8-10-28)22(29)20-13-32-16-5-3-4-6-17(16)33-20;1-4-25-19-10-6-5-8-18(19)9-7-13-23-16(2)14-17-11-12-20(24-3)21(15-17)28-27-26-22;2*1-26-15-10-12-13(11-16(15)27-2)21-19(22-17(12)20)24-7-5-23(6-8-24)18(25)14-4-3-9-28-14;1-25-14-9-11-12(10-15(14)26-2)22-18(23-16(11)19)21-7-4-6-20-17(24)13-5-3-8-27-13/h3-6,11-12,20H,7-10,13H2,1-2H3,(H2,24,25,26);5-6,8,10-12,15-16,23H,4,7,9,13-14,22H2,1-3H3;10-11,14H,3-9H2,1-2H3,(H2,20,21,22);3-4,9-11H,5-8H2,1-2H3,(H2,20,21,22);9-10,13H,3-8H2,1-2H3,(H,20,24)(H3,19,21,22,23)/t;16-;;;/m.1.../s1. The Kier molecular flexibility index (Phi) is 37.3. The number of nitrogens with two attached hydrogens (primary N) is 5. The molecule has 144 heavy (non-hydrogen) atoms. The molecule has 13 N–H and O–H groups in total. The first-order valence-electron chi connectivity index (χ1n) is 47.4. The SMILES string of the molecule is CCOc1ccccc1CCCN[C@H](C)Cc1ccc(OC)c(SOON)c1.COc1cc2nc(N3CCN(C(=O)C4CCCO4)CC3)nc(N)c2cc1OC.COc1cc2nc(N3CCN(C(=O)C4COc5ccccc5O4)CC3)nc(N)c2cc1OC.COc1cc2nc(N3CCN(C(=O)c4ccco4)CC3)nc(N)c2cc1OC.COc1cc2nc(NCCCNC(=O)C3CCCO3)nc(N)c2cc1OC. The highest BCUT2D eigenvalue weighted by molar-refractivity contribution is 7.94. The molecule has 6 aliphatic heterocycles. The van der Waals surface area contributed by atoms with Crippen molar-refractivity contribution >= 4 is 126 Å². The number of anilines is 8. The third-order valence-electron chi connectivity index (χ3n) is 24.7. The highest BCUT2D eigenvalue weighted by atomic mass is 32.2. The van der Waals surface area contributed by atoms with E-state index >= 15 is 0 Å². The normalized spacial score (nSPS) is 16.1. The summed E-state index contributed by atoms with van der Waals surface area (Å²) in [7, 11) is 14.2. The summed E-state index contributed by atoms with van der Waals surface area (Å²) in [5.74, 6) is 16.2. The van der Waals surface area contributed by atoms with Gasteiger partial charge >= 0.3 is 0 Å². The Hall–Kier alpha value is -14.8. The summed E-state index contributed by atoms with van der Waals surface area (Å²) in [6, 6.07) is 39.6. The first-order chi connectivity index (χ1) is 70.1. The molecule has 43 nitrogen and oxygen atoms in total. The molecule has 0 saturated carbocycles. The lowest BCUT2D eigenvalue weighted by Crippen LogP contribution is -2.54. The van der Waals surface area contributed by atoms with Crippen LogP contribution >= 0.6 is 12.0 Å². The van der Waals surface area contributed by atoms with Crippen molar-refractivity contribution in [3.8, 4) is 69.0 Å². The fraction of sp³-hybridized carbons (Fsp3) is 0.420. The molecule has 3 unspecified atom stereocenters. The molecule has 11 heterocycles. The van der Waals surface area contributed by atoms with Crippen LogP contribution in [0.25, 0.3) is 43.6 Å². The molecular formula is C100H126N22O21S. The van der Waals surface area contributed by atoms with E-state index in [9.17, 15) is 19.2 Å². The number of hydrogen-bond acceptors (Lipinski definition) is 40. The second-order valence-electron chi connectivity index (χ2n) is 33.8. The van der Waals surface area contributed by atoms with Gasteiger partial charge in [-0.05, 0) is 150 Å². The molecular weight excluding hydrogens is 1880 g/mol.